The van der Waals surface area contributed by atoms with Gasteiger partial charge >= 0.3 is 0 Å². The number of halogens is 1. The van der Waals surface area contributed by atoms with Crippen molar-refractivity contribution >= 4 is 11.6 Å². The van der Waals surface area contributed by atoms with E-state index in [-0.39, 0.29) is 12.5 Å². The number of nitrogens with zero attached hydrogens (tertiary/aromatic N) is 1. The lowest BCUT2D eigenvalue weighted by atomic mass is 9.98. The van der Waals surface area contributed by atoms with Crippen molar-refractivity contribution in [2.24, 2.45) is 0 Å². The molecule has 0 unspecified atom stereocenters. The number of benzene rings is 2. The molecule has 5 heteroatoms. The van der Waals surface area contributed by atoms with Crippen LogP contribution in [0.15, 0.2) is 60.7 Å². The van der Waals surface area contributed by atoms with Crippen molar-refractivity contribution in [3.05, 3.63) is 71.8 Å². The second-order valence-corrected chi connectivity index (χ2v) is 6.14. The van der Waals surface area contributed by atoms with Crippen molar-refractivity contribution in [2.75, 3.05) is 19.0 Å². The van der Waals surface area contributed by atoms with Gasteiger partial charge in [0.25, 0.3) is 0 Å². The van der Waals surface area contributed by atoms with E-state index in [1.165, 1.54) is 0 Å². The van der Waals surface area contributed by atoms with Crippen LogP contribution in [-0.2, 0) is 6.54 Å². The maximum atomic E-state index is 10.4. The molecular formula is C19H24ClNO3. The van der Waals surface area contributed by atoms with Crippen LogP contribution in [0.5, 0.6) is 0 Å². The number of aliphatic hydroxyl groups is 3. The average molecular weight is 350 g/mol. The summed E-state index contributed by atoms with van der Waals surface area (Å²) in [7, 11) is 0. The fourth-order valence-electron chi connectivity index (χ4n) is 2.84. The zero-order valence-electron chi connectivity index (χ0n) is 13.5. The lowest BCUT2D eigenvalue weighted by Crippen LogP contribution is -2.42. The number of aliphatic hydroxyl groups excluding tert-OH is 3. The molecule has 0 aromatic heterocycles. The summed E-state index contributed by atoms with van der Waals surface area (Å²) < 4.78 is 0. The third kappa shape index (κ3) is 5.30. The first-order valence-corrected chi connectivity index (χ1v) is 8.55. The van der Waals surface area contributed by atoms with Gasteiger partial charge in [-0.3, -0.25) is 4.90 Å². The van der Waals surface area contributed by atoms with Gasteiger partial charge in [-0.2, -0.15) is 0 Å². The van der Waals surface area contributed by atoms with E-state index in [1.54, 1.807) is 0 Å². The molecule has 130 valence electrons. The standard InChI is InChI=1S/C19H24ClNO3/c20-11-17(23)13-21(12-15-7-3-1-4-8-15)19(18(24)14-22)16-9-5-2-6-10-16/h1-10,17-19,22-24H,11-14H2/t17-,18-,19+/m1/s1. The predicted octanol–water partition coefficient (Wildman–Crippen LogP) is 2.18. The third-order valence-corrected chi connectivity index (χ3v) is 4.29. The number of hydrogen-bond acceptors (Lipinski definition) is 4. The average Bonchev–Trinajstić information content (AvgIpc) is 2.63. The molecule has 0 spiro atoms. The molecular weight excluding hydrogens is 326 g/mol. The quantitative estimate of drug-likeness (QED) is 0.607. The van der Waals surface area contributed by atoms with Crippen LogP contribution in [0.1, 0.15) is 17.2 Å². The first-order chi connectivity index (χ1) is 11.7. The van der Waals surface area contributed by atoms with E-state index in [1.807, 2.05) is 65.6 Å². The monoisotopic (exact) mass is 349 g/mol. The summed E-state index contributed by atoms with van der Waals surface area (Å²) >= 11 is 5.77. The van der Waals surface area contributed by atoms with Gasteiger partial charge in [0, 0.05) is 19.0 Å². The molecule has 0 aliphatic carbocycles. The van der Waals surface area contributed by atoms with Crippen LogP contribution in [0.3, 0.4) is 0 Å². The number of hydrogen-bond donors (Lipinski definition) is 3. The SMILES string of the molecule is OC[C@@H](O)[C@H](c1ccccc1)N(Cc1ccccc1)C[C@H](O)CCl. The molecule has 0 aliphatic heterocycles. The summed E-state index contributed by atoms with van der Waals surface area (Å²) in [5, 5.41) is 29.9. The highest BCUT2D eigenvalue weighted by Gasteiger charge is 2.28. The molecule has 0 saturated carbocycles. The first-order valence-electron chi connectivity index (χ1n) is 8.01. The molecule has 24 heavy (non-hydrogen) atoms. The van der Waals surface area contributed by atoms with Crippen LogP contribution in [0.2, 0.25) is 0 Å². The van der Waals surface area contributed by atoms with Gasteiger partial charge in [0.15, 0.2) is 0 Å². The zero-order valence-corrected chi connectivity index (χ0v) is 14.3. The molecule has 2 rings (SSSR count). The predicted molar refractivity (Wildman–Crippen MR) is 95.9 cm³/mol. The lowest BCUT2D eigenvalue weighted by Gasteiger charge is -2.35. The molecule has 0 fully saturated rings. The molecule has 0 saturated heterocycles. The fraction of sp³-hybridized carbons (Fsp3) is 0.368. The minimum Gasteiger partial charge on any atom is -0.394 e. The molecule has 0 bridgehead atoms. The van der Waals surface area contributed by atoms with Crippen molar-refractivity contribution in [1.82, 2.24) is 4.90 Å². The van der Waals surface area contributed by atoms with Gasteiger partial charge in [0.2, 0.25) is 0 Å². The Morgan fingerprint density at radius 2 is 1.50 bits per heavy atom. The largest absolute Gasteiger partial charge is 0.394 e. The zero-order chi connectivity index (χ0) is 17.4. The summed E-state index contributed by atoms with van der Waals surface area (Å²) in [5.74, 6) is 0.113. The van der Waals surface area contributed by atoms with E-state index in [2.05, 4.69) is 0 Å². The van der Waals surface area contributed by atoms with Crippen LogP contribution < -0.4 is 0 Å². The topological polar surface area (TPSA) is 63.9 Å². The highest BCUT2D eigenvalue weighted by Crippen LogP contribution is 2.27. The summed E-state index contributed by atoms with van der Waals surface area (Å²) in [6.45, 7) is 0.474. The Morgan fingerprint density at radius 3 is 2.04 bits per heavy atom. The van der Waals surface area contributed by atoms with E-state index in [0.29, 0.717) is 13.1 Å². The Morgan fingerprint density at radius 1 is 0.917 bits per heavy atom. The van der Waals surface area contributed by atoms with Gasteiger partial charge in [-0.15, -0.1) is 11.6 Å². The Labute approximate surface area is 147 Å². The van der Waals surface area contributed by atoms with E-state index in [0.717, 1.165) is 11.1 Å². The van der Waals surface area contributed by atoms with Gasteiger partial charge in [-0.05, 0) is 11.1 Å². The summed E-state index contributed by atoms with van der Waals surface area (Å²) in [6, 6.07) is 18.9. The van der Waals surface area contributed by atoms with Crippen LogP contribution in [0.25, 0.3) is 0 Å². The minimum atomic E-state index is -0.960. The molecule has 2 aromatic carbocycles. The highest BCUT2D eigenvalue weighted by molar-refractivity contribution is 6.18. The molecule has 4 nitrogen and oxygen atoms in total. The van der Waals surface area contributed by atoms with Crippen molar-refractivity contribution in [2.45, 2.75) is 24.8 Å². The van der Waals surface area contributed by atoms with Gasteiger partial charge in [0.05, 0.1) is 24.9 Å². The fourth-order valence-corrected chi connectivity index (χ4v) is 2.94. The van der Waals surface area contributed by atoms with Crippen molar-refractivity contribution in [1.29, 1.82) is 0 Å². The highest BCUT2D eigenvalue weighted by atomic mass is 35.5. The summed E-state index contributed by atoms with van der Waals surface area (Å²) in [6.07, 6.45) is -1.67. The lowest BCUT2D eigenvalue weighted by molar-refractivity contribution is -0.00889. The maximum absolute atomic E-state index is 10.4. The summed E-state index contributed by atoms with van der Waals surface area (Å²) in [5.41, 5.74) is 1.95. The van der Waals surface area contributed by atoms with Crippen LogP contribution in [-0.4, -0.2) is 51.5 Å². The smallest absolute Gasteiger partial charge is 0.0967 e. The van der Waals surface area contributed by atoms with Gasteiger partial charge in [-0.1, -0.05) is 60.7 Å². The molecule has 3 N–H and O–H groups in total. The van der Waals surface area contributed by atoms with Crippen molar-refractivity contribution in [3.8, 4) is 0 Å². The maximum Gasteiger partial charge on any atom is 0.0967 e. The number of rotatable bonds is 9. The molecule has 0 aliphatic rings. The second kappa shape index (κ2) is 9.77. The Kier molecular flexibility index (Phi) is 7.69. The van der Waals surface area contributed by atoms with E-state index in [4.69, 9.17) is 11.6 Å². The normalized spacial score (nSPS) is 15.2. The Hall–Kier alpha value is -1.43. The molecule has 0 heterocycles. The van der Waals surface area contributed by atoms with E-state index in [9.17, 15) is 15.3 Å². The molecule has 0 amide bonds. The molecule has 2 aromatic rings. The van der Waals surface area contributed by atoms with Gasteiger partial charge < -0.3 is 15.3 Å². The van der Waals surface area contributed by atoms with Crippen molar-refractivity contribution < 1.29 is 15.3 Å². The van der Waals surface area contributed by atoms with Crippen molar-refractivity contribution in [3.63, 3.8) is 0 Å². The van der Waals surface area contributed by atoms with Crippen LogP contribution >= 0.6 is 11.6 Å². The third-order valence-electron chi connectivity index (χ3n) is 3.94. The molecule has 3 atom stereocenters. The second-order valence-electron chi connectivity index (χ2n) is 5.83. The van der Waals surface area contributed by atoms with Crippen LogP contribution in [0, 0.1) is 0 Å². The molecule has 0 radical (unpaired) electrons. The van der Waals surface area contributed by atoms with Gasteiger partial charge in [-0.25, -0.2) is 0 Å². The first kappa shape index (κ1) is 18.9. The van der Waals surface area contributed by atoms with E-state index >= 15 is 0 Å². The Bertz CT molecular complexity index is 582. The van der Waals surface area contributed by atoms with Gasteiger partial charge in [0.1, 0.15) is 0 Å². The number of alkyl halides is 1. The van der Waals surface area contributed by atoms with Crippen LogP contribution in [0.4, 0.5) is 0 Å². The minimum absolute atomic E-state index is 0.113. The van der Waals surface area contributed by atoms with E-state index < -0.39 is 18.2 Å². The Balaban J connectivity index is 2.32. The summed E-state index contributed by atoms with van der Waals surface area (Å²) in [4.78, 5) is 1.96.